The van der Waals surface area contributed by atoms with Gasteiger partial charge < -0.3 is 5.32 Å². The van der Waals surface area contributed by atoms with Crippen LogP contribution in [-0.4, -0.2) is 16.9 Å². The summed E-state index contributed by atoms with van der Waals surface area (Å²) < 4.78 is 1.23. The molecule has 2 aromatic rings. The lowest BCUT2D eigenvalue weighted by Gasteiger charge is -2.13. The molecule has 0 amide bonds. The third-order valence-corrected chi connectivity index (χ3v) is 3.76. The van der Waals surface area contributed by atoms with E-state index in [9.17, 15) is 0 Å². The number of hydrogen-bond donors (Lipinski definition) is 1. The normalized spacial score (nSPS) is 12.9. The highest BCUT2D eigenvalue weighted by molar-refractivity contribution is 7.22. The Kier molecular flexibility index (Phi) is 4.02. The van der Waals surface area contributed by atoms with Crippen LogP contribution in [0.3, 0.4) is 0 Å². The molecule has 0 saturated carbocycles. The van der Waals surface area contributed by atoms with E-state index in [2.05, 4.69) is 23.3 Å². The maximum absolute atomic E-state index is 5.76. The van der Waals surface area contributed by atoms with E-state index in [4.69, 9.17) is 11.6 Å². The molecule has 16 heavy (non-hydrogen) atoms. The highest BCUT2D eigenvalue weighted by Crippen LogP contribution is 2.26. The number of nitrogens with zero attached hydrogens (tertiary/aromatic N) is 1. The van der Waals surface area contributed by atoms with Crippen LogP contribution < -0.4 is 5.32 Å². The van der Waals surface area contributed by atoms with Crippen molar-refractivity contribution >= 4 is 38.3 Å². The Morgan fingerprint density at radius 2 is 2.25 bits per heavy atom. The minimum atomic E-state index is 0.429. The van der Waals surface area contributed by atoms with Crippen molar-refractivity contribution in [1.82, 2.24) is 4.98 Å². The molecule has 0 aliphatic heterocycles. The van der Waals surface area contributed by atoms with Crippen molar-refractivity contribution < 1.29 is 0 Å². The molecule has 0 saturated heterocycles. The second-order valence-corrected chi connectivity index (χ2v) is 5.12. The Hall–Kier alpha value is -0.800. The third-order valence-electron chi connectivity index (χ3n) is 2.57. The van der Waals surface area contributed by atoms with Gasteiger partial charge in [-0.3, -0.25) is 0 Å². The fourth-order valence-corrected chi connectivity index (χ4v) is 2.82. The molecule has 1 N–H and O–H groups in total. The summed E-state index contributed by atoms with van der Waals surface area (Å²) in [4.78, 5) is 4.55. The van der Waals surface area contributed by atoms with Crippen LogP contribution in [0.2, 0.25) is 0 Å². The van der Waals surface area contributed by atoms with Crippen LogP contribution in [0.5, 0.6) is 0 Å². The van der Waals surface area contributed by atoms with E-state index in [-0.39, 0.29) is 0 Å². The largest absolute Gasteiger partial charge is 0.359 e. The van der Waals surface area contributed by atoms with Crippen LogP contribution in [-0.2, 0) is 0 Å². The lowest BCUT2D eigenvalue weighted by molar-refractivity contribution is 0.675. The van der Waals surface area contributed by atoms with E-state index in [0.29, 0.717) is 11.9 Å². The quantitative estimate of drug-likeness (QED) is 0.812. The monoisotopic (exact) mass is 254 g/mol. The van der Waals surface area contributed by atoms with Crippen LogP contribution in [0.1, 0.15) is 19.8 Å². The Morgan fingerprint density at radius 3 is 2.94 bits per heavy atom. The highest BCUT2D eigenvalue weighted by atomic mass is 35.5. The van der Waals surface area contributed by atoms with Crippen LogP contribution in [0.4, 0.5) is 5.13 Å². The van der Waals surface area contributed by atoms with E-state index in [1.165, 1.54) is 4.70 Å². The first-order chi connectivity index (χ1) is 7.83. The number of nitrogens with one attached hydrogen (secondary N) is 1. The maximum Gasteiger partial charge on any atom is 0.184 e. The second kappa shape index (κ2) is 5.51. The third kappa shape index (κ3) is 2.66. The van der Waals surface area contributed by atoms with Crippen molar-refractivity contribution in [2.24, 2.45) is 0 Å². The molecule has 2 rings (SSSR count). The molecule has 0 aliphatic rings. The maximum atomic E-state index is 5.76. The van der Waals surface area contributed by atoms with Gasteiger partial charge in [0, 0.05) is 11.9 Å². The SMILES string of the molecule is CCC(CCCl)Nc1nc2ccccc2s1. The number of para-hydroxylation sites is 1. The predicted molar refractivity (Wildman–Crippen MR) is 72.7 cm³/mol. The molecule has 86 valence electrons. The summed E-state index contributed by atoms with van der Waals surface area (Å²) >= 11 is 7.46. The topological polar surface area (TPSA) is 24.9 Å². The number of alkyl halides is 1. The molecule has 1 aromatic carbocycles. The van der Waals surface area contributed by atoms with Crippen LogP contribution in [0.25, 0.3) is 10.2 Å². The molecule has 1 heterocycles. The zero-order chi connectivity index (χ0) is 11.4. The standard InChI is InChI=1S/C12H15ClN2S/c1-2-9(7-8-13)14-12-15-10-5-3-4-6-11(10)16-12/h3-6,9H,2,7-8H2,1H3,(H,14,15). The first-order valence-corrected chi connectivity index (χ1v) is 6.86. The van der Waals surface area contributed by atoms with Crippen molar-refractivity contribution in [2.75, 3.05) is 11.2 Å². The van der Waals surface area contributed by atoms with Gasteiger partial charge in [0.1, 0.15) is 0 Å². The van der Waals surface area contributed by atoms with Crippen molar-refractivity contribution in [2.45, 2.75) is 25.8 Å². The number of thiazole rings is 1. The summed E-state index contributed by atoms with van der Waals surface area (Å²) in [5, 5.41) is 4.44. The van der Waals surface area contributed by atoms with Gasteiger partial charge in [-0.05, 0) is 25.0 Å². The van der Waals surface area contributed by atoms with E-state index >= 15 is 0 Å². The van der Waals surface area contributed by atoms with Gasteiger partial charge in [0.2, 0.25) is 0 Å². The van der Waals surface area contributed by atoms with E-state index < -0.39 is 0 Å². The number of anilines is 1. The van der Waals surface area contributed by atoms with Gasteiger partial charge in [0.25, 0.3) is 0 Å². The second-order valence-electron chi connectivity index (χ2n) is 3.71. The summed E-state index contributed by atoms with van der Waals surface area (Å²) in [5.41, 5.74) is 1.07. The number of hydrogen-bond acceptors (Lipinski definition) is 3. The van der Waals surface area contributed by atoms with Gasteiger partial charge in [0.05, 0.1) is 10.2 Å². The summed E-state index contributed by atoms with van der Waals surface area (Å²) in [6, 6.07) is 8.63. The lowest BCUT2D eigenvalue weighted by Crippen LogP contribution is -2.18. The average Bonchev–Trinajstić information content (AvgIpc) is 2.70. The van der Waals surface area contributed by atoms with E-state index in [0.717, 1.165) is 23.5 Å². The molecule has 0 fully saturated rings. The van der Waals surface area contributed by atoms with Gasteiger partial charge in [-0.1, -0.05) is 30.4 Å². The molecule has 0 radical (unpaired) electrons. The van der Waals surface area contributed by atoms with Gasteiger partial charge in [-0.2, -0.15) is 0 Å². The molecule has 2 nitrogen and oxygen atoms in total. The van der Waals surface area contributed by atoms with Crippen molar-refractivity contribution in [3.8, 4) is 0 Å². The Labute approximate surface area is 105 Å². The number of fused-ring (bicyclic) bond motifs is 1. The molecule has 0 spiro atoms. The number of halogens is 1. The van der Waals surface area contributed by atoms with E-state index in [1.54, 1.807) is 11.3 Å². The molecule has 4 heteroatoms. The lowest BCUT2D eigenvalue weighted by atomic mass is 10.2. The number of aromatic nitrogens is 1. The zero-order valence-electron chi connectivity index (χ0n) is 9.24. The fraction of sp³-hybridized carbons (Fsp3) is 0.417. The van der Waals surface area contributed by atoms with Crippen LogP contribution >= 0.6 is 22.9 Å². The smallest absolute Gasteiger partial charge is 0.184 e. The number of benzene rings is 1. The Balaban J connectivity index is 2.14. The summed E-state index contributed by atoms with van der Waals surface area (Å²) in [6.07, 6.45) is 2.05. The molecule has 1 aromatic heterocycles. The van der Waals surface area contributed by atoms with Gasteiger partial charge >= 0.3 is 0 Å². The van der Waals surface area contributed by atoms with Crippen LogP contribution in [0.15, 0.2) is 24.3 Å². The molecular formula is C12H15ClN2S. The zero-order valence-corrected chi connectivity index (χ0v) is 10.8. The van der Waals surface area contributed by atoms with E-state index in [1.807, 2.05) is 18.2 Å². The summed E-state index contributed by atoms with van der Waals surface area (Å²) in [6.45, 7) is 2.16. The Morgan fingerprint density at radius 1 is 1.44 bits per heavy atom. The van der Waals surface area contributed by atoms with Gasteiger partial charge in [-0.25, -0.2) is 4.98 Å². The predicted octanol–water partition coefficient (Wildman–Crippen LogP) is 4.12. The molecular weight excluding hydrogens is 240 g/mol. The van der Waals surface area contributed by atoms with Crippen molar-refractivity contribution in [3.05, 3.63) is 24.3 Å². The molecule has 0 bridgehead atoms. The average molecular weight is 255 g/mol. The first-order valence-electron chi connectivity index (χ1n) is 5.51. The van der Waals surface area contributed by atoms with Crippen LogP contribution in [0, 0.1) is 0 Å². The Bertz CT molecular complexity index is 422. The minimum absolute atomic E-state index is 0.429. The van der Waals surface area contributed by atoms with Gasteiger partial charge in [-0.15, -0.1) is 11.6 Å². The molecule has 0 aliphatic carbocycles. The summed E-state index contributed by atoms with van der Waals surface area (Å²) in [7, 11) is 0. The molecule has 1 unspecified atom stereocenters. The summed E-state index contributed by atoms with van der Waals surface area (Å²) in [5.74, 6) is 0.691. The highest BCUT2D eigenvalue weighted by Gasteiger charge is 2.08. The number of rotatable bonds is 5. The first kappa shape index (κ1) is 11.7. The molecule has 1 atom stereocenters. The van der Waals surface area contributed by atoms with Crippen molar-refractivity contribution in [3.63, 3.8) is 0 Å². The fourth-order valence-electron chi connectivity index (χ4n) is 1.62. The minimum Gasteiger partial charge on any atom is -0.359 e. The van der Waals surface area contributed by atoms with Gasteiger partial charge in [0.15, 0.2) is 5.13 Å². The van der Waals surface area contributed by atoms with Crippen molar-refractivity contribution in [1.29, 1.82) is 0 Å².